The Hall–Kier alpha value is -1.62. The van der Waals surface area contributed by atoms with Gasteiger partial charge < -0.3 is 5.32 Å². The zero-order valence-electron chi connectivity index (χ0n) is 10.2. The van der Waals surface area contributed by atoms with Gasteiger partial charge in [-0.2, -0.15) is 5.10 Å². The molecule has 1 heterocycles. The van der Waals surface area contributed by atoms with Gasteiger partial charge in [0.1, 0.15) is 0 Å². The van der Waals surface area contributed by atoms with Gasteiger partial charge in [0.15, 0.2) is 5.82 Å². The summed E-state index contributed by atoms with van der Waals surface area (Å²) >= 11 is 3.39. The average molecular weight is 308 g/mol. The zero-order valence-corrected chi connectivity index (χ0v) is 11.8. The second kappa shape index (κ2) is 5.35. The van der Waals surface area contributed by atoms with E-state index in [1.54, 1.807) is 6.07 Å². The molecule has 1 amide bonds. The van der Waals surface area contributed by atoms with Crippen LogP contribution in [-0.2, 0) is 6.42 Å². The molecule has 0 aliphatic rings. The molecule has 2 N–H and O–H groups in total. The van der Waals surface area contributed by atoms with Crippen LogP contribution in [0.2, 0.25) is 0 Å². The van der Waals surface area contributed by atoms with Crippen LogP contribution in [0.3, 0.4) is 0 Å². The van der Waals surface area contributed by atoms with Crippen molar-refractivity contribution in [2.24, 2.45) is 0 Å². The molecule has 1 aromatic carbocycles. The molecule has 1 aromatic heterocycles. The van der Waals surface area contributed by atoms with Gasteiger partial charge in [-0.3, -0.25) is 9.89 Å². The van der Waals surface area contributed by atoms with Crippen LogP contribution in [0.5, 0.6) is 0 Å². The first kappa shape index (κ1) is 12.8. The fourth-order valence-electron chi connectivity index (χ4n) is 1.59. The summed E-state index contributed by atoms with van der Waals surface area (Å²) in [5, 5.41) is 9.65. The Labute approximate surface area is 114 Å². The molecule has 0 bridgehead atoms. The van der Waals surface area contributed by atoms with Crippen LogP contribution in [0.15, 0.2) is 28.7 Å². The Morgan fingerprint density at radius 2 is 2.22 bits per heavy atom. The number of hydrogen-bond acceptors (Lipinski definition) is 2. The number of amides is 1. The number of aromatic nitrogens is 2. The number of H-pyrrole nitrogens is 1. The summed E-state index contributed by atoms with van der Waals surface area (Å²) in [5.74, 6) is 0.375. The number of anilines is 1. The molecule has 0 unspecified atom stereocenters. The first-order chi connectivity index (χ1) is 8.60. The van der Waals surface area contributed by atoms with Gasteiger partial charge in [0.05, 0.1) is 5.56 Å². The van der Waals surface area contributed by atoms with Gasteiger partial charge in [-0.05, 0) is 47.0 Å². The highest BCUT2D eigenvalue weighted by Crippen LogP contribution is 2.19. The van der Waals surface area contributed by atoms with Crippen molar-refractivity contribution < 1.29 is 4.79 Å². The van der Waals surface area contributed by atoms with Crippen molar-refractivity contribution >= 4 is 27.7 Å². The van der Waals surface area contributed by atoms with Crippen molar-refractivity contribution in [2.75, 3.05) is 5.32 Å². The fraction of sp³-hybridized carbons (Fsp3) is 0.231. The predicted octanol–water partition coefficient (Wildman–Crippen LogP) is 3.30. The molecule has 94 valence electrons. The molecule has 18 heavy (non-hydrogen) atoms. The lowest BCUT2D eigenvalue weighted by Crippen LogP contribution is -2.12. The largest absolute Gasteiger partial charge is 0.305 e. The van der Waals surface area contributed by atoms with Gasteiger partial charge in [-0.15, -0.1) is 0 Å². The molecule has 0 atom stereocenters. The fourth-order valence-corrected chi connectivity index (χ4v) is 2.27. The van der Waals surface area contributed by atoms with Gasteiger partial charge >= 0.3 is 0 Å². The number of halogens is 1. The number of aryl methyl sites for hydroxylation is 2. The first-order valence-electron chi connectivity index (χ1n) is 5.72. The summed E-state index contributed by atoms with van der Waals surface area (Å²) in [5.41, 5.74) is 2.70. The number of aromatic amines is 1. The van der Waals surface area contributed by atoms with E-state index in [-0.39, 0.29) is 5.91 Å². The van der Waals surface area contributed by atoms with Gasteiger partial charge in [0.25, 0.3) is 5.91 Å². The van der Waals surface area contributed by atoms with E-state index < -0.39 is 0 Å². The van der Waals surface area contributed by atoms with Gasteiger partial charge in [-0.1, -0.05) is 13.0 Å². The molecular weight excluding hydrogens is 294 g/mol. The normalized spacial score (nSPS) is 10.4. The van der Waals surface area contributed by atoms with Gasteiger partial charge in [-0.25, -0.2) is 0 Å². The van der Waals surface area contributed by atoms with Crippen LogP contribution in [-0.4, -0.2) is 16.1 Å². The van der Waals surface area contributed by atoms with Crippen molar-refractivity contribution in [1.82, 2.24) is 10.2 Å². The third-order valence-electron chi connectivity index (χ3n) is 2.62. The van der Waals surface area contributed by atoms with E-state index in [4.69, 9.17) is 0 Å². The van der Waals surface area contributed by atoms with Crippen molar-refractivity contribution in [1.29, 1.82) is 0 Å². The summed E-state index contributed by atoms with van der Waals surface area (Å²) in [6.07, 6.45) is 0.858. The third-order valence-corrected chi connectivity index (χ3v) is 3.28. The minimum absolute atomic E-state index is 0.170. The number of rotatable bonds is 3. The summed E-state index contributed by atoms with van der Waals surface area (Å²) in [7, 11) is 0. The van der Waals surface area contributed by atoms with Crippen molar-refractivity contribution in [3.8, 4) is 0 Å². The average Bonchev–Trinajstić information content (AvgIpc) is 2.76. The number of hydrogen-bond donors (Lipinski definition) is 2. The molecule has 0 saturated heterocycles. The van der Waals surface area contributed by atoms with E-state index in [2.05, 4.69) is 31.4 Å². The highest BCUT2D eigenvalue weighted by molar-refractivity contribution is 9.10. The monoisotopic (exact) mass is 307 g/mol. The molecule has 0 radical (unpaired) electrons. The lowest BCUT2D eigenvalue weighted by atomic mass is 10.1. The smallest absolute Gasteiger partial charge is 0.258 e. The minimum atomic E-state index is -0.170. The lowest BCUT2D eigenvalue weighted by molar-refractivity contribution is 0.102. The third kappa shape index (κ3) is 2.79. The van der Waals surface area contributed by atoms with Crippen LogP contribution in [0, 0.1) is 6.92 Å². The quantitative estimate of drug-likeness (QED) is 0.914. The maximum Gasteiger partial charge on any atom is 0.258 e. The molecule has 2 aromatic rings. The number of carbonyl (C=O) groups excluding carboxylic acids is 1. The molecule has 0 spiro atoms. The SMILES string of the molecule is CCc1cc(NC(=O)c2ccc(C)cc2Br)n[nH]1. The van der Waals surface area contributed by atoms with E-state index in [0.717, 1.165) is 22.2 Å². The van der Waals surface area contributed by atoms with Crippen LogP contribution < -0.4 is 5.32 Å². The second-order valence-corrected chi connectivity index (χ2v) is 4.92. The van der Waals surface area contributed by atoms with Gasteiger partial charge in [0, 0.05) is 16.2 Å². The summed E-state index contributed by atoms with van der Waals surface area (Å²) in [4.78, 5) is 12.0. The molecule has 0 saturated carbocycles. The minimum Gasteiger partial charge on any atom is -0.305 e. The van der Waals surface area contributed by atoms with E-state index in [1.807, 2.05) is 32.0 Å². The highest BCUT2D eigenvalue weighted by Gasteiger charge is 2.11. The molecular formula is C13H14BrN3O. The topological polar surface area (TPSA) is 57.8 Å². The van der Waals surface area contributed by atoms with E-state index >= 15 is 0 Å². The van der Waals surface area contributed by atoms with E-state index in [0.29, 0.717) is 11.4 Å². The first-order valence-corrected chi connectivity index (χ1v) is 6.51. The van der Waals surface area contributed by atoms with Crippen LogP contribution in [0.4, 0.5) is 5.82 Å². The molecule has 2 rings (SSSR count). The van der Waals surface area contributed by atoms with Crippen molar-refractivity contribution in [2.45, 2.75) is 20.3 Å². The standard InChI is InChI=1S/C13H14BrN3O/c1-3-9-7-12(17-16-9)15-13(18)10-5-4-8(2)6-11(10)14/h4-7H,3H2,1-2H3,(H2,15,16,17,18). The number of nitrogens with zero attached hydrogens (tertiary/aromatic N) is 1. The summed E-state index contributed by atoms with van der Waals surface area (Å²) in [6, 6.07) is 7.45. The highest BCUT2D eigenvalue weighted by atomic mass is 79.9. The van der Waals surface area contributed by atoms with E-state index in [9.17, 15) is 4.79 Å². The number of nitrogens with one attached hydrogen (secondary N) is 2. The Morgan fingerprint density at radius 3 is 2.83 bits per heavy atom. The lowest BCUT2D eigenvalue weighted by Gasteiger charge is -2.05. The molecule has 0 aliphatic carbocycles. The van der Waals surface area contributed by atoms with Crippen LogP contribution >= 0.6 is 15.9 Å². The summed E-state index contributed by atoms with van der Waals surface area (Å²) in [6.45, 7) is 4.00. The Balaban J connectivity index is 2.16. The van der Waals surface area contributed by atoms with Crippen molar-refractivity contribution in [3.63, 3.8) is 0 Å². The molecule has 0 aliphatic heterocycles. The zero-order chi connectivity index (χ0) is 13.1. The molecule has 5 heteroatoms. The molecule has 4 nitrogen and oxygen atoms in total. The Bertz CT molecular complexity index is 577. The van der Waals surface area contributed by atoms with Crippen LogP contribution in [0.25, 0.3) is 0 Å². The maximum absolute atomic E-state index is 12.0. The van der Waals surface area contributed by atoms with E-state index in [1.165, 1.54) is 0 Å². The number of benzene rings is 1. The summed E-state index contributed by atoms with van der Waals surface area (Å²) < 4.78 is 0.784. The number of carbonyl (C=O) groups is 1. The molecule has 0 fully saturated rings. The second-order valence-electron chi connectivity index (χ2n) is 4.07. The maximum atomic E-state index is 12.0. The van der Waals surface area contributed by atoms with Crippen LogP contribution in [0.1, 0.15) is 28.5 Å². The van der Waals surface area contributed by atoms with Gasteiger partial charge in [0.2, 0.25) is 0 Å². The Kier molecular flexibility index (Phi) is 3.81. The predicted molar refractivity (Wildman–Crippen MR) is 74.8 cm³/mol. The van der Waals surface area contributed by atoms with Crippen molar-refractivity contribution in [3.05, 3.63) is 45.6 Å². The Morgan fingerprint density at radius 1 is 1.44 bits per heavy atom.